The van der Waals surface area contributed by atoms with E-state index in [0.717, 1.165) is 5.56 Å². The highest BCUT2D eigenvalue weighted by Crippen LogP contribution is 2.20. The first kappa shape index (κ1) is 18.0. The Morgan fingerprint density at radius 3 is 2.54 bits per heavy atom. The third kappa shape index (κ3) is 4.58. The Morgan fingerprint density at radius 2 is 1.96 bits per heavy atom. The van der Waals surface area contributed by atoms with Gasteiger partial charge in [-0.3, -0.25) is 9.69 Å². The number of likely N-dealkylation sites (N-methyl/N-ethyl adjacent to an activating group) is 1. The van der Waals surface area contributed by atoms with Crippen molar-refractivity contribution < 1.29 is 4.79 Å². The highest BCUT2D eigenvalue weighted by Gasteiger charge is 2.18. The third-order valence-electron chi connectivity index (χ3n) is 3.95. The van der Waals surface area contributed by atoms with Crippen molar-refractivity contribution >= 4 is 23.2 Å². The normalized spacial score (nSPS) is 11.8. The van der Waals surface area contributed by atoms with Gasteiger partial charge in [-0.15, -0.1) is 0 Å². The summed E-state index contributed by atoms with van der Waals surface area (Å²) in [5.41, 5.74) is 3.34. The van der Waals surface area contributed by atoms with Crippen LogP contribution in [0.2, 0.25) is 5.02 Å². The second kappa shape index (κ2) is 7.96. The number of anilines is 1. The number of rotatable bonds is 5. The van der Waals surface area contributed by atoms with Gasteiger partial charge in [-0.25, -0.2) is 0 Å². The molecule has 2 aromatic carbocycles. The van der Waals surface area contributed by atoms with Crippen molar-refractivity contribution in [2.24, 2.45) is 0 Å². The number of aryl methyl sites for hydroxylation is 1. The molecule has 1 atom stereocenters. The zero-order valence-corrected chi connectivity index (χ0v) is 14.8. The summed E-state index contributed by atoms with van der Waals surface area (Å²) in [6, 6.07) is 14.8. The molecule has 0 bridgehead atoms. The Hall–Kier alpha value is -2.35. The van der Waals surface area contributed by atoms with Crippen LogP contribution in [-0.4, -0.2) is 23.9 Å². The minimum atomic E-state index is -0.305. The summed E-state index contributed by atoms with van der Waals surface area (Å²) >= 11 is 5.99. The highest BCUT2D eigenvalue weighted by molar-refractivity contribution is 6.32. The van der Waals surface area contributed by atoms with Crippen LogP contribution < -0.4 is 5.32 Å². The molecule has 2 rings (SSSR count). The van der Waals surface area contributed by atoms with E-state index in [9.17, 15) is 4.79 Å². The summed E-state index contributed by atoms with van der Waals surface area (Å²) in [6.45, 7) is 4.59. The lowest BCUT2D eigenvalue weighted by Crippen LogP contribution is -2.39. The van der Waals surface area contributed by atoms with E-state index < -0.39 is 0 Å². The number of nitriles is 1. The summed E-state index contributed by atoms with van der Waals surface area (Å²) in [5, 5.41) is 12.0. The molecule has 0 radical (unpaired) electrons. The molecule has 1 N–H and O–H groups in total. The van der Waals surface area contributed by atoms with E-state index >= 15 is 0 Å². The number of carbonyl (C=O) groups excluding carboxylic acids is 1. The summed E-state index contributed by atoms with van der Waals surface area (Å²) < 4.78 is 0. The van der Waals surface area contributed by atoms with E-state index in [1.807, 2.05) is 31.9 Å². The smallest absolute Gasteiger partial charge is 0.241 e. The topological polar surface area (TPSA) is 56.1 Å². The number of hydrogen-bond donors (Lipinski definition) is 1. The van der Waals surface area contributed by atoms with E-state index in [2.05, 4.69) is 29.6 Å². The predicted octanol–water partition coefficient (Wildman–Crippen LogP) is 3.98. The average molecular weight is 342 g/mol. The molecular weight excluding hydrogens is 322 g/mol. The molecular formula is C19H20ClN3O. The molecule has 0 aliphatic rings. The van der Waals surface area contributed by atoms with Crippen molar-refractivity contribution in [3.63, 3.8) is 0 Å². The molecule has 4 nitrogen and oxygen atoms in total. The van der Waals surface area contributed by atoms with Gasteiger partial charge in [0.15, 0.2) is 0 Å². The van der Waals surface area contributed by atoms with Crippen LogP contribution in [0.15, 0.2) is 42.5 Å². The maximum Gasteiger partial charge on any atom is 0.241 e. The number of amides is 1. The fourth-order valence-electron chi connectivity index (χ4n) is 2.25. The predicted molar refractivity (Wildman–Crippen MR) is 96.9 cm³/mol. The van der Waals surface area contributed by atoms with Gasteiger partial charge in [0.1, 0.15) is 6.07 Å². The summed E-state index contributed by atoms with van der Waals surface area (Å²) in [4.78, 5) is 14.4. The number of nitrogens with one attached hydrogen (secondary N) is 1. The van der Waals surface area contributed by atoms with Gasteiger partial charge >= 0.3 is 0 Å². The molecule has 0 heterocycles. The van der Waals surface area contributed by atoms with E-state index in [1.54, 1.807) is 18.2 Å². The molecule has 0 spiro atoms. The fourth-order valence-corrected chi connectivity index (χ4v) is 2.47. The van der Waals surface area contributed by atoms with Crippen LogP contribution in [0, 0.1) is 18.3 Å². The fraction of sp³-hybridized carbons (Fsp3) is 0.263. The zero-order valence-electron chi connectivity index (χ0n) is 14.0. The standard InChI is InChI=1S/C19H20ClN3O/c1-13-4-6-15(7-5-13)12-23(3)14(2)19(24)22-17-9-8-16(11-21)18(20)10-17/h4-10,14H,12H2,1-3H3,(H,22,24). The molecule has 5 heteroatoms. The van der Waals surface area contributed by atoms with Crippen LogP contribution in [0.25, 0.3) is 0 Å². The van der Waals surface area contributed by atoms with E-state index in [1.165, 1.54) is 5.56 Å². The maximum atomic E-state index is 12.4. The first-order valence-electron chi connectivity index (χ1n) is 7.67. The van der Waals surface area contributed by atoms with Crippen LogP contribution in [0.5, 0.6) is 0 Å². The number of halogens is 1. The first-order valence-corrected chi connectivity index (χ1v) is 8.05. The van der Waals surface area contributed by atoms with Crippen molar-refractivity contribution in [2.75, 3.05) is 12.4 Å². The monoisotopic (exact) mass is 341 g/mol. The first-order chi connectivity index (χ1) is 11.4. The van der Waals surface area contributed by atoms with E-state index in [-0.39, 0.29) is 11.9 Å². The molecule has 24 heavy (non-hydrogen) atoms. The maximum absolute atomic E-state index is 12.4. The largest absolute Gasteiger partial charge is 0.325 e. The highest BCUT2D eigenvalue weighted by atomic mass is 35.5. The molecule has 0 fully saturated rings. The van der Waals surface area contributed by atoms with Gasteiger partial charge in [0.25, 0.3) is 0 Å². The SMILES string of the molecule is Cc1ccc(CN(C)C(C)C(=O)Nc2ccc(C#N)c(Cl)c2)cc1. The Kier molecular flexibility index (Phi) is 5.97. The van der Waals surface area contributed by atoms with Crippen LogP contribution in [0.3, 0.4) is 0 Å². The van der Waals surface area contributed by atoms with Gasteiger partial charge in [-0.2, -0.15) is 5.26 Å². The van der Waals surface area contributed by atoms with Crippen molar-refractivity contribution in [3.8, 4) is 6.07 Å². The second-order valence-corrected chi connectivity index (χ2v) is 6.28. The van der Waals surface area contributed by atoms with E-state index in [0.29, 0.717) is 22.8 Å². The Labute approximate surface area is 147 Å². The van der Waals surface area contributed by atoms with Crippen molar-refractivity contribution in [1.29, 1.82) is 5.26 Å². The lowest BCUT2D eigenvalue weighted by molar-refractivity contribution is -0.120. The number of hydrogen-bond acceptors (Lipinski definition) is 3. The molecule has 1 unspecified atom stereocenters. The number of carbonyl (C=O) groups is 1. The Bertz CT molecular complexity index is 765. The molecule has 2 aromatic rings. The average Bonchev–Trinajstić information content (AvgIpc) is 2.56. The van der Waals surface area contributed by atoms with Crippen molar-refractivity contribution in [3.05, 3.63) is 64.2 Å². The molecule has 124 valence electrons. The van der Waals surface area contributed by atoms with Crippen molar-refractivity contribution in [2.45, 2.75) is 26.4 Å². The molecule has 0 aliphatic heterocycles. The van der Waals surface area contributed by atoms with Gasteiger partial charge in [-0.1, -0.05) is 41.4 Å². The minimum Gasteiger partial charge on any atom is -0.325 e. The molecule has 0 saturated carbocycles. The number of benzene rings is 2. The summed E-state index contributed by atoms with van der Waals surface area (Å²) in [6.07, 6.45) is 0. The van der Waals surface area contributed by atoms with Gasteiger partial charge in [-0.05, 0) is 44.7 Å². The zero-order chi connectivity index (χ0) is 17.7. The Morgan fingerprint density at radius 1 is 1.29 bits per heavy atom. The summed E-state index contributed by atoms with van der Waals surface area (Å²) in [7, 11) is 1.91. The van der Waals surface area contributed by atoms with Crippen LogP contribution in [0.4, 0.5) is 5.69 Å². The van der Waals surface area contributed by atoms with Crippen LogP contribution in [0.1, 0.15) is 23.6 Å². The molecule has 1 amide bonds. The lowest BCUT2D eigenvalue weighted by Gasteiger charge is -2.24. The Balaban J connectivity index is 1.99. The second-order valence-electron chi connectivity index (χ2n) is 5.87. The van der Waals surface area contributed by atoms with Crippen LogP contribution >= 0.6 is 11.6 Å². The minimum absolute atomic E-state index is 0.120. The number of nitrogens with zero attached hydrogens (tertiary/aromatic N) is 2. The van der Waals surface area contributed by atoms with E-state index in [4.69, 9.17) is 16.9 Å². The van der Waals surface area contributed by atoms with Gasteiger partial charge in [0, 0.05) is 12.2 Å². The van der Waals surface area contributed by atoms with Crippen molar-refractivity contribution in [1.82, 2.24) is 4.90 Å². The molecule has 0 saturated heterocycles. The quantitative estimate of drug-likeness (QED) is 0.895. The van der Waals surface area contributed by atoms with Gasteiger partial charge < -0.3 is 5.32 Å². The van der Waals surface area contributed by atoms with Gasteiger partial charge in [0.05, 0.1) is 16.6 Å². The van der Waals surface area contributed by atoms with Crippen LogP contribution in [-0.2, 0) is 11.3 Å². The lowest BCUT2D eigenvalue weighted by atomic mass is 10.1. The molecule has 0 aliphatic carbocycles. The summed E-state index contributed by atoms with van der Waals surface area (Å²) in [5.74, 6) is -0.120. The third-order valence-corrected chi connectivity index (χ3v) is 4.26. The molecule has 0 aromatic heterocycles. The van der Waals surface area contributed by atoms with Gasteiger partial charge in [0.2, 0.25) is 5.91 Å².